The topological polar surface area (TPSA) is 84.2 Å². The third kappa shape index (κ3) is 2.94. The highest BCUT2D eigenvalue weighted by Gasteiger charge is 2.19. The van der Waals surface area contributed by atoms with Crippen molar-refractivity contribution in [3.8, 4) is 0 Å². The molecule has 0 aliphatic rings. The Balaban J connectivity index is 2.75. The summed E-state index contributed by atoms with van der Waals surface area (Å²) in [5, 5.41) is 10.7. The second-order valence-electron chi connectivity index (χ2n) is 2.83. The minimum absolute atomic E-state index is 0.239. The van der Waals surface area contributed by atoms with E-state index in [0.29, 0.717) is 0 Å². The molecule has 0 saturated heterocycles. The Kier molecular flexibility index (Phi) is 3.61. The van der Waals surface area contributed by atoms with Gasteiger partial charge in [-0.05, 0) is 6.42 Å². The van der Waals surface area contributed by atoms with Crippen LogP contribution in [0.25, 0.3) is 0 Å². The van der Waals surface area contributed by atoms with E-state index in [2.05, 4.69) is 16.9 Å². The maximum atomic E-state index is 11.7. The standard InChI is InChI=1S/C9H11N3O3/c1-2-3-7(11-9(14)15)8(13)12-5-4-10-6-12/h2,4-7,11H,1,3H2,(H,14,15). The molecule has 0 spiro atoms. The molecular formula is C9H11N3O3. The van der Waals surface area contributed by atoms with E-state index in [9.17, 15) is 9.59 Å². The Bertz CT molecular complexity index is 359. The van der Waals surface area contributed by atoms with Gasteiger partial charge in [-0.25, -0.2) is 9.78 Å². The van der Waals surface area contributed by atoms with Crippen LogP contribution in [0.2, 0.25) is 0 Å². The molecule has 1 rings (SSSR count). The van der Waals surface area contributed by atoms with E-state index < -0.39 is 12.1 Å². The highest BCUT2D eigenvalue weighted by atomic mass is 16.4. The zero-order valence-electron chi connectivity index (χ0n) is 7.96. The van der Waals surface area contributed by atoms with Crippen LogP contribution in [-0.4, -0.2) is 32.7 Å². The van der Waals surface area contributed by atoms with Gasteiger partial charge in [0.25, 0.3) is 5.91 Å². The normalized spacial score (nSPS) is 11.7. The summed E-state index contributed by atoms with van der Waals surface area (Å²) >= 11 is 0. The zero-order valence-corrected chi connectivity index (χ0v) is 7.96. The van der Waals surface area contributed by atoms with Crippen molar-refractivity contribution in [1.82, 2.24) is 14.9 Å². The number of amides is 1. The van der Waals surface area contributed by atoms with Gasteiger partial charge in [0.15, 0.2) is 0 Å². The van der Waals surface area contributed by atoms with E-state index in [4.69, 9.17) is 5.11 Å². The van der Waals surface area contributed by atoms with Crippen LogP contribution >= 0.6 is 0 Å². The predicted molar refractivity (Wildman–Crippen MR) is 52.6 cm³/mol. The molecule has 15 heavy (non-hydrogen) atoms. The van der Waals surface area contributed by atoms with E-state index in [-0.39, 0.29) is 12.3 Å². The smallest absolute Gasteiger partial charge is 0.405 e. The van der Waals surface area contributed by atoms with Crippen LogP contribution in [0.3, 0.4) is 0 Å². The Morgan fingerprint density at radius 1 is 1.67 bits per heavy atom. The number of nitrogens with zero attached hydrogens (tertiary/aromatic N) is 2. The summed E-state index contributed by atoms with van der Waals surface area (Å²) in [4.78, 5) is 25.8. The number of hydrogen-bond donors (Lipinski definition) is 2. The molecule has 1 aromatic rings. The third-order valence-corrected chi connectivity index (χ3v) is 1.76. The van der Waals surface area contributed by atoms with Crippen LogP contribution < -0.4 is 5.32 Å². The van der Waals surface area contributed by atoms with Crippen molar-refractivity contribution in [2.75, 3.05) is 0 Å². The molecule has 1 amide bonds. The first-order valence-corrected chi connectivity index (χ1v) is 4.27. The van der Waals surface area contributed by atoms with Gasteiger partial charge in [-0.15, -0.1) is 6.58 Å². The molecule has 1 aromatic heterocycles. The first kappa shape index (κ1) is 11.0. The maximum Gasteiger partial charge on any atom is 0.405 e. The Hall–Kier alpha value is -2.11. The van der Waals surface area contributed by atoms with Crippen LogP contribution in [0.15, 0.2) is 31.4 Å². The lowest BCUT2D eigenvalue weighted by molar-refractivity contribution is 0.0855. The van der Waals surface area contributed by atoms with Crippen molar-refractivity contribution in [2.45, 2.75) is 12.5 Å². The Labute approximate surface area is 86.2 Å². The number of hydrogen-bond acceptors (Lipinski definition) is 3. The predicted octanol–water partition coefficient (Wildman–Crippen LogP) is 0.736. The van der Waals surface area contributed by atoms with Gasteiger partial charge in [0.05, 0.1) is 0 Å². The molecular weight excluding hydrogens is 198 g/mol. The average Bonchev–Trinajstić information content (AvgIpc) is 2.68. The molecule has 0 saturated carbocycles. The second kappa shape index (κ2) is 4.94. The molecule has 80 valence electrons. The SMILES string of the molecule is C=CCC(NC(=O)O)C(=O)n1ccnc1. The lowest BCUT2D eigenvalue weighted by atomic mass is 10.2. The third-order valence-electron chi connectivity index (χ3n) is 1.76. The average molecular weight is 209 g/mol. The van der Waals surface area contributed by atoms with Crippen LogP contribution in [0, 0.1) is 0 Å². The molecule has 0 radical (unpaired) electrons. The molecule has 0 bridgehead atoms. The van der Waals surface area contributed by atoms with Crippen molar-refractivity contribution in [1.29, 1.82) is 0 Å². The highest BCUT2D eigenvalue weighted by molar-refractivity contribution is 5.87. The maximum absolute atomic E-state index is 11.7. The van der Waals surface area contributed by atoms with Gasteiger partial charge in [-0.2, -0.15) is 0 Å². The molecule has 0 aliphatic heterocycles. The fraction of sp³-hybridized carbons (Fsp3) is 0.222. The quantitative estimate of drug-likeness (QED) is 0.716. The molecule has 1 heterocycles. The largest absolute Gasteiger partial charge is 0.465 e. The molecule has 2 N–H and O–H groups in total. The lowest BCUT2D eigenvalue weighted by Gasteiger charge is -2.13. The number of imidazole rings is 1. The monoisotopic (exact) mass is 209 g/mol. The summed E-state index contributed by atoms with van der Waals surface area (Å²) in [6.45, 7) is 3.46. The van der Waals surface area contributed by atoms with Crippen molar-refractivity contribution in [3.63, 3.8) is 0 Å². The number of rotatable bonds is 4. The van der Waals surface area contributed by atoms with Gasteiger partial charge >= 0.3 is 6.09 Å². The van der Waals surface area contributed by atoms with E-state index in [1.54, 1.807) is 0 Å². The lowest BCUT2D eigenvalue weighted by Crippen LogP contribution is -2.41. The number of nitrogens with one attached hydrogen (secondary N) is 1. The summed E-state index contributed by atoms with van der Waals surface area (Å²) in [5.41, 5.74) is 0. The van der Waals surface area contributed by atoms with Crippen LogP contribution in [-0.2, 0) is 0 Å². The molecule has 0 aliphatic carbocycles. The molecule has 1 unspecified atom stereocenters. The van der Waals surface area contributed by atoms with Crippen molar-refractivity contribution >= 4 is 12.0 Å². The van der Waals surface area contributed by atoms with Crippen LogP contribution in [0.1, 0.15) is 11.2 Å². The minimum Gasteiger partial charge on any atom is -0.465 e. The van der Waals surface area contributed by atoms with E-state index >= 15 is 0 Å². The fourth-order valence-corrected chi connectivity index (χ4v) is 1.11. The second-order valence-corrected chi connectivity index (χ2v) is 2.83. The summed E-state index contributed by atoms with van der Waals surface area (Å²) in [6.07, 6.45) is 4.71. The van der Waals surface area contributed by atoms with Crippen LogP contribution in [0.4, 0.5) is 4.79 Å². The van der Waals surface area contributed by atoms with Gasteiger partial charge in [0.2, 0.25) is 0 Å². The Morgan fingerprint density at radius 3 is 2.87 bits per heavy atom. The summed E-state index contributed by atoms with van der Waals surface area (Å²) in [6, 6.07) is -0.825. The number of carbonyl (C=O) groups excluding carboxylic acids is 1. The summed E-state index contributed by atoms with van der Waals surface area (Å²) in [5.74, 6) is -0.380. The molecule has 0 aromatic carbocycles. The van der Waals surface area contributed by atoms with E-state index in [0.717, 1.165) is 0 Å². The van der Waals surface area contributed by atoms with Gasteiger partial charge in [-0.1, -0.05) is 6.08 Å². The van der Waals surface area contributed by atoms with Gasteiger partial charge < -0.3 is 10.4 Å². The molecule has 0 fully saturated rings. The first-order chi connectivity index (χ1) is 7.15. The van der Waals surface area contributed by atoms with E-state index in [1.807, 2.05) is 0 Å². The molecule has 6 heteroatoms. The van der Waals surface area contributed by atoms with Crippen molar-refractivity contribution in [2.24, 2.45) is 0 Å². The number of carboxylic acid groups (broad SMARTS) is 1. The molecule has 6 nitrogen and oxygen atoms in total. The van der Waals surface area contributed by atoms with Gasteiger partial charge in [0.1, 0.15) is 12.4 Å². The minimum atomic E-state index is -1.24. The number of aromatic nitrogens is 2. The van der Waals surface area contributed by atoms with Gasteiger partial charge in [0, 0.05) is 12.4 Å². The van der Waals surface area contributed by atoms with Crippen LogP contribution in [0.5, 0.6) is 0 Å². The van der Waals surface area contributed by atoms with E-state index in [1.165, 1.54) is 29.4 Å². The van der Waals surface area contributed by atoms with Crippen molar-refractivity contribution in [3.05, 3.63) is 31.4 Å². The van der Waals surface area contributed by atoms with Crippen molar-refractivity contribution < 1.29 is 14.7 Å². The summed E-state index contributed by atoms with van der Waals surface area (Å²) < 4.78 is 1.23. The first-order valence-electron chi connectivity index (χ1n) is 4.27. The zero-order chi connectivity index (χ0) is 11.3. The van der Waals surface area contributed by atoms with Gasteiger partial charge in [-0.3, -0.25) is 9.36 Å². The highest BCUT2D eigenvalue weighted by Crippen LogP contribution is 1.99. The fourth-order valence-electron chi connectivity index (χ4n) is 1.11. The Morgan fingerprint density at radius 2 is 2.40 bits per heavy atom. The number of carbonyl (C=O) groups is 2. The summed E-state index contributed by atoms with van der Waals surface area (Å²) in [7, 11) is 0. The molecule has 1 atom stereocenters.